The number of methoxy groups -OCH3 is 1. The van der Waals surface area contributed by atoms with Crippen LogP contribution in [0.15, 0.2) is 30.3 Å². The van der Waals surface area contributed by atoms with Crippen LogP contribution in [0.1, 0.15) is 30.5 Å². The highest BCUT2D eigenvalue weighted by atomic mass is 19.1. The number of carbonyl (C=O) groups excluding carboxylic acids is 1. The summed E-state index contributed by atoms with van der Waals surface area (Å²) in [6, 6.07) is 7.96. The fourth-order valence-electron chi connectivity index (χ4n) is 4.00. The van der Waals surface area contributed by atoms with Gasteiger partial charge in [0.2, 0.25) is 0 Å². The summed E-state index contributed by atoms with van der Waals surface area (Å²) in [6.07, 6.45) is 1.44. The number of nitrogens with zero attached hydrogens (tertiary/aromatic N) is 2. The summed E-state index contributed by atoms with van der Waals surface area (Å²) < 4.78 is 18.8. The molecule has 154 valence electrons. The van der Waals surface area contributed by atoms with E-state index in [0.29, 0.717) is 36.1 Å². The molecule has 8 heteroatoms. The lowest BCUT2D eigenvalue weighted by Crippen LogP contribution is -2.34. The molecule has 3 N–H and O–H groups in total. The fourth-order valence-corrected chi connectivity index (χ4v) is 4.00. The van der Waals surface area contributed by atoms with Crippen molar-refractivity contribution >= 4 is 17.4 Å². The number of hydrazine groups is 1. The van der Waals surface area contributed by atoms with Gasteiger partial charge in [0.15, 0.2) is 0 Å². The van der Waals surface area contributed by atoms with Crippen molar-refractivity contribution in [2.75, 3.05) is 37.0 Å². The highest BCUT2D eigenvalue weighted by Crippen LogP contribution is 2.28. The summed E-state index contributed by atoms with van der Waals surface area (Å²) in [5.41, 5.74) is 9.09. The lowest BCUT2D eigenvalue weighted by Gasteiger charge is -2.20. The van der Waals surface area contributed by atoms with E-state index in [1.54, 1.807) is 11.0 Å². The number of amides is 1. The maximum atomic E-state index is 13.7. The van der Waals surface area contributed by atoms with Crippen LogP contribution >= 0.6 is 0 Å². The van der Waals surface area contributed by atoms with Gasteiger partial charge in [-0.25, -0.2) is 9.37 Å². The number of carbonyl (C=O) groups is 1. The van der Waals surface area contributed by atoms with Crippen molar-refractivity contribution in [2.24, 2.45) is 0 Å². The minimum Gasteiger partial charge on any atom is -0.497 e. The number of rotatable bonds is 6. The molecule has 2 aromatic rings. The smallest absolute Gasteiger partial charge is 0.250 e. The molecular weight excluding hydrogens is 373 g/mol. The molecule has 2 aliphatic rings. The maximum Gasteiger partial charge on any atom is 0.250 e. The van der Waals surface area contributed by atoms with Crippen LogP contribution in [0.4, 0.5) is 15.9 Å². The first kappa shape index (κ1) is 19.6. The molecule has 2 aliphatic heterocycles. The second-order valence-corrected chi connectivity index (χ2v) is 7.37. The standard InChI is InChI=1S/C21H26FN5O2/c1-3-18-17(13-11-23-24-12-13)4-5-20(26-18)27-7-6-19(21(27)28)25-15-8-14(22)9-16(10-15)29-2/h4-5,8-10,13,19,23-25H,3,6-7,11-12H2,1-2H3. The minimum atomic E-state index is -0.420. The molecule has 0 bridgehead atoms. The van der Waals surface area contributed by atoms with Crippen LogP contribution in [0.2, 0.25) is 0 Å². The Bertz CT molecular complexity index is 901. The molecule has 7 nitrogen and oxygen atoms in total. The molecule has 1 atom stereocenters. The number of aryl methyl sites for hydroxylation is 1. The molecule has 0 radical (unpaired) electrons. The van der Waals surface area contributed by atoms with E-state index in [9.17, 15) is 9.18 Å². The summed E-state index contributed by atoms with van der Waals surface area (Å²) in [4.78, 5) is 19.5. The molecule has 0 spiro atoms. The number of hydrogen-bond acceptors (Lipinski definition) is 6. The molecule has 29 heavy (non-hydrogen) atoms. The first-order valence-electron chi connectivity index (χ1n) is 9.97. The number of pyridine rings is 1. The zero-order chi connectivity index (χ0) is 20.4. The van der Waals surface area contributed by atoms with Gasteiger partial charge in [0.1, 0.15) is 23.4 Å². The lowest BCUT2D eigenvalue weighted by molar-refractivity contribution is -0.117. The highest BCUT2D eigenvalue weighted by molar-refractivity contribution is 6.00. The lowest BCUT2D eigenvalue weighted by atomic mass is 9.97. The van der Waals surface area contributed by atoms with Gasteiger partial charge in [0.05, 0.1) is 7.11 Å². The van der Waals surface area contributed by atoms with Gasteiger partial charge in [-0.05, 0) is 30.5 Å². The van der Waals surface area contributed by atoms with Crippen molar-refractivity contribution in [3.8, 4) is 5.75 Å². The molecule has 1 unspecified atom stereocenters. The summed E-state index contributed by atoms with van der Waals surface area (Å²) in [5.74, 6) is 1.01. The van der Waals surface area contributed by atoms with Crippen LogP contribution in [-0.2, 0) is 11.2 Å². The monoisotopic (exact) mass is 399 g/mol. The van der Waals surface area contributed by atoms with Crippen molar-refractivity contribution < 1.29 is 13.9 Å². The van der Waals surface area contributed by atoms with Crippen LogP contribution < -0.4 is 25.8 Å². The SMILES string of the molecule is CCc1nc(N2CCC(Nc3cc(F)cc(OC)c3)C2=O)ccc1C1CNNC1. The quantitative estimate of drug-likeness (QED) is 0.691. The number of hydrogen-bond donors (Lipinski definition) is 3. The van der Waals surface area contributed by atoms with Crippen LogP contribution in [-0.4, -0.2) is 43.7 Å². The summed E-state index contributed by atoms with van der Waals surface area (Å²) in [7, 11) is 1.49. The van der Waals surface area contributed by atoms with E-state index in [1.165, 1.54) is 24.8 Å². The highest BCUT2D eigenvalue weighted by Gasteiger charge is 2.34. The van der Waals surface area contributed by atoms with E-state index in [4.69, 9.17) is 9.72 Å². The van der Waals surface area contributed by atoms with Gasteiger partial charge in [-0.3, -0.25) is 20.5 Å². The third kappa shape index (κ3) is 4.04. The Morgan fingerprint density at radius 1 is 1.28 bits per heavy atom. The van der Waals surface area contributed by atoms with Gasteiger partial charge in [0.25, 0.3) is 5.91 Å². The third-order valence-electron chi connectivity index (χ3n) is 5.52. The Kier molecular flexibility index (Phi) is 5.64. The van der Waals surface area contributed by atoms with Gasteiger partial charge < -0.3 is 10.1 Å². The topological polar surface area (TPSA) is 78.5 Å². The molecule has 4 rings (SSSR count). The van der Waals surface area contributed by atoms with Gasteiger partial charge >= 0.3 is 0 Å². The number of ether oxygens (including phenoxy) is 1. The molecule has 2 fully saturated rings. The fraction of sp³-hybridized carbons (Fsp3) is 0.429. The van der Waals surface area contributed by atoms with Crippen LogP contribution in [0.5, 0.6) is 5.75 Å². The van der Waals surface area contributed by atoms with Crippen LogP contribution in [0.25, 0.3) is 0 Å². The average molecular weight is 399 g/mol. The molecule has 1 aromatic carbocycles. The molecule has 1 amide bonds. The van der Waals surface area contributed by atoms with Gasteiger partial charge in [-0.2, -0.15) is 0 Å². The Labute approximate surface area is 169 Å². The molecule has 1 aromatic heterocycles. The third-order valence-corrected chi connectivity index (χ3v) is 5.52. The number of anilines is 2. The van der Waals surface area contributed by atoms with Crippen molar-refractivity contribution in [1.29, 1.82) is 0 Å². The first-order valence-corrected chi connectivity index (χ1v) is 9.97. The Morgan fingerprint density at radius 3 is 2.79 bits per heavy atom. The van der Waals surface area contributed by atoms with Crippen molar-refractivity contribution in [3.05, 3.63) is 47.4 Å². The normalized spacial score (nSPS) is 19.8. The van der Waals surface area contributed by atoms with E-state index >= 15 is 0 Å². The largest absolute Gasteiger partial charge is 0.497 e. The first-order chi connectivity index (χ1) is 14.1. The maximum absolute atomic E-state index is 13.7. The van der Waals surface area contributed by atoms with Crippen molar-refractivity contribution in [2.45, 2.75) is 31.7 Å². The van der Waals surface area contributed by atoms with E-state index in [1.807, 2.05) is 6.07 Å². The second-order valence-electron chi connectivity index (χ2n) is 7.37. The molecule has 3 heterocycles. The zero-order valence-electron chi connectivity index (χ0n) is 16.7. The molecule has 0 aliphatic carbocycles. The van der Waals surface area contributed by atoms with Gasteiger partial charge in [0, 0.05) is 49.1 Å². The number of nitrogens with one attached hydrogen (secondary N) is 3. The van der Waals surface area contributed by atoms with Crippen molar-refractivity contribution in [1.82, 2.24) is 15.8 Å². The summed E-state index contributed by atoms with van der Waals surface area (Å²) in [5, 5.41) is 3.14. The summed E-state index contributed by atoms with van der Waals surface area (Å²) >= 11 is 0. The van der Waals surface area contributed by atoms with E-state index in [-0.39, 0.29) is 5.91 Å². The number of halogens is 1. The Morgan fingerprint density at radius 2 is 2.07 bits per heavy atom. The van der Waals surface area contributed by atoms with Crippen molar-refractivity contribution in [3.63, 3.8) is 0 Å². The predicted molar refractivity (Wildman–Crippen MR) is 110 cm³/mol. The minimum absolute atomic E-state index is 0.0558. The van der Waals surface area contributed by atoms with E-state index in [0.717, 1.165) is 25.2 Å². The molecule has 2 saturated heterocycles. The second kappa shape index (κ2) is 8.34. The van der Waals surface area contributed by atoms with Gasteiger partial charge in [-0.1, -0.05) is 13.0 Å². The Balaban J connectivity index is 1.50. The Hall–Kier alpha value is -2.71. The van der Waals surface area contributed by atoms with E-state index < -0.39 is 11.9 Å². The van der Waals surface area contributed by atoms with Crippen LogP contribution in [0.3, 0.4) is 0 Å². The predicted octanol–water partition coefficient (Wildman–Crippen LogP) is 2.20. The summed E-state index contributed by atoms with van der Waals surface area (Å²) in [6.45, 7) is 4.41. The number of benzene rings is 1. The number of aromatic nitrogens is 1. The van der Waals surface area contributed by atoms with Gasteiger partial charge in [-0.15, -0.1) is 0 Å². The molecule has 0 saturated carbocycles. The average Bonchev–Trinajstić information content (AvgIpc) is 3.38. The van der Waals surface area contributed by atoms with Crippen LogP contribution in [0, 0.1) is 5.82 Å². The molecular formula is C21H26FN5O2. The zero-order valence-corrected chi connectivity index (χ0v) is 16.7. The van der Waals surface area contributed by atoms with E-state index in [2.05, 4.69) is 29.2 Å².